The molecule has 0 bridgehead atoms. The van der Waals surface area contributed by atoms with E-state index in [1.54, 1.807) is 40.6 Å². The van der Waals surface area contributed by atoms with Crippen LogP contribution < -0.4 is 39.7 Å². The lowest BCUT2D eigenvalue weighted by atomic mass is 9.94. The van der Waals surface area contributed by atoms with Gasteiger partial charge in [-0.25, -0.2) is 0 Å². The Bertz CT molecular complexity index is 2480. The second kappa shape index (κ2) is 15.5. The smallest absolute Gasteiger partial charge is 0.224 e. The van der Waals surface area contributed by atoms with Gasteiger partial charge in [-0.3, -0.25) is 14.4 Å². The summed E-state index contributed by atoms with van der Waals surface area (Å²) in [6, 6.07) is 17.9. The Labute approximate surface area is 317 Å². The number of aromatic nitrogens is 1. The molecule has 0 aliphatic heterocycles. The maximum Gasteiger partial charge on any atom is 0.224 e. The summed E-state index contributed by atoms with van der Waals surface area (Å²) < 4.78 is 34.8. The molecule has 2 heterocycles. The van der Waals surface area contributed by atoms with Gasteiger partial charge in [0, 0.05) is 52.6 Å². The number of furan rings is 1. The number of amides is 2. The van der Waals surface area contributed by atoms with Crippen molar-refractivity contribution in [2.75, 3.05) is 42.1 Å². The molecule has 284 valence electrons. The molecule has 55 heavy (non-hydrogen) atoms. The first-order valence-corrected chi connectivity index (χ1v) is 18.0. The predicted octanol–water partition coefficient (Wildman–Crippen LogP) is 6.68. The highest BCUT2D eigenvalue weighted by Gasteiger charge is 2.31. The standard InChI is InChI=1S/C43H43N3O9/c1-23(47)46-35-13-9-25-17-37(52-4)42(53-5)43(54-6)39(25)31-19-32-33(21-38(49)44-16-15-26-22-45-34-14-12-28(51-3)18-29(26)34)40(24-7-10-27(50-2)11-8-24)55-41(32)36(48)20-30(31)35/h7-8,10-12,14,17-20,22,35,45H,9,13,15-16,21H2,1-6H3,(H,44,49)(H,46,47)/t35-/m0/s1. The van der Waals surface area contributed by atoms with E-state index in [4.69, 9.17) is 28.1 Å². The summed E-state index contributed by atoms with van der Waals surface area (Å²) in [4.78, 5) is 44.0. The molecule has 2 aromatic heterocycles. The van der Waals surface area contributed by atoms with Crippen LogP contribution in [0.4, 0.5) is 0 Å². The van der Waals surface area contributed by atoms with Crippen molar-refractivity contribution >= 4 is 33.7 Å². The van der Waals surface area contributed by atoms with E-state index in [1.807, 2.05) is 48.7 Å². The second-order valence-electron chi connectivity index (χ2n) is 13.4. The fraction of sp³-hybridized carbons (Fsp3) is 0.279. The van der Waals surface area contributed by atoms with Gasteiger partial charge in [0.25, 0.3) is 0 Å². The fourth-order valence-electron chi connectivity index (χ4n) is 7.58. The number of methoxy groups -OCH3 is 5. The number of fused-ring (bicyclic) bond motifs is 5. The van der Waals surface area contributed by atoms with Crippen molar-refractivity contribution in [2.45, 2.75) is 38.6 Å². The Morgan fingerprint density at radius 2 is 1.60 bits per heavy atom. The Morgan fingerprint density at radius 1 is 0.855 bits per heavy atom. The summed E-state index contributed by atoms with van der Waals surface area (Å²) in [5.41, 5.74) is 5.70. The summed E-state index contributed by atoms with van der Waals surface area (Å²) in [5, 5.41) is 7.61. The number of carbonyl (C=O) groups is 2. The molecule has 0 saturated carbocycles. The predicted molar refractivity (Wildman–Crippen MR) is 210 cm³/mol. The first-order chi connectivity index (χ1) is 26.7. The van der Waals surface area contributed by atoms with Crippen molar-refractivity contribution in [3.05, 3.63) is 99.3 Å². The van der Waals surface area contributed by atoms with Crippen LogP contribution in [0.2, 0.25) is 0 Å². The quantitative estimate of drug-likeness (QED) is 0.125. The molecule has 4 aromatic carbocycles. The van der Waals surface area contributed by atoms with Crippen LogP contribution in [-0.4, -0.2) is 58.9 Å². The van der Waals surface area contributed by atoms with E-state index in [-0.39, 0.29) is 23.8 Å². The molecule has 12 heteroatoms. The topological polar surface area (TPSA) is 150 Å². The average Bonchev–Trinajstić information content (AvgIpc) is 3.68. The molecule has 0 fully saturated rings. The van der Waals surface area contributed by atoms with Crippen molar-refractivity contribution in [1.82, 2.24) is 15.6 Å². The molecule has 1 aliphatic rings. The Kier molecular flexibility index (Phi) is 10.4. The maximum atomic E-state index is 14.3. The van der Waals surface area contributed by atoms with Crippen LogP contribution in [0.5, 0.6) is 28.7 Å². The number of rotatable bonds is 12. The summed E-state index contributed by atoms with van der Waals surface area (Å²) in [5.74, 6) is 2.59. The van der Waals surface area contributed by atoms with E-state index >= 15 is 0 Å². The van der Waals surface area contributed by atoms with Crippen molar-refractivity contribution < 1.29 is 37.7 Å². The van der Waals surface area contributed by atoms with Gasteiger partial charge >= 0.3 is 0 Å². The minimum atomic E-state index is -0.511. The van der Waals surface area contributed by atoms with Gasteiger partial charge in [-0.2, -0.15) is 0 Å². The highest BCUT2D eigenvalue weighted by molar-refractivity contribution is 5.96. The van der Waals surface area contributed by atoms with E-state index in [0.29, 0.717) is 87.8 Å². The molecule has 6 aromatic rings. The highest BCUT2D eigenvalue weighted by atomic mass is 16.5. The molecule has 1 atom stereocenters. The molecule has 0 unspecified atom stereocenters. The van der Waals surface area contributed by atoms with Crippen LogP contribution in [0.3, 0.4) is 0 Å². The molecule has 2 amide bonds. The molecular formula is C43H43N3O9. The van der Waals surface area contributed by atoms with Gasteiger partial charge in [0.05, 0.1) is 48.0 Å². The highest BCUT2D eigenvalue weighted by Crippen LogP contribution is 2.51. The van der Waals surface area contributed by atoms with Crippen LogP contribution in [0.15, 0.2) is 76.1 Å². The molecule has 0 radical (unpaired) electrons. The maximum absolute atomic E-state index is 14.3. The largest absolute Gasteiger partial charge is 0.497 e. The van der Waals surface area contributed by atoms with Crippen LogP contribution in [0.1, 0.15) is 41.6 Å². The Hall–Kier alpha value is -6.43. The van der Waals surface area contributed by atoms with E-state index in [1.165, 1.54) is 20.1 Å². The van der Waals surface area contributed by atoms with Gasteiger partial charge in [-0.1, -0.05) is 0 Å². The van der Waals surface area contributed by atoms with Crippen LogP contribution in [0.25, 0.3) is 44.3 Å². The molecule has 1 aliphatic carbocycles. The summed E-state index contributed by atoms with van der Waals surface area (Å²) >= 11 is 0. The lowest BCUT2D eigenvalue weighted by Gasteiger charge is -2.20. The first-order valence-electron chi connectivity index (χ1n) is 18.0. The molecular weight excluding hydrogens is 702 g/mol. The summed E-state index contributed by atoms with van der Waals surface area (Å²) in [6.45, 7) is 1.82. The number of aryl methyl sites for hydroxylation is 1. The van der Waals surface area contributed by atoms with E-state index < -0.39 is 11.5 Å². The molecule has 12 nitrogen and oxygen atoms in total. The third kappa shape index (κ3) is 7.03. The van der Waals surface area contributed by atoms with Crippen LogP contribution in [-0.2, 0) is 28.9 Å². The average molecular weight is 746 g/mol. The summed E-state index contributed by atoms with van der Waals surface area (Å²) in [7, 11) is 7.85. The zero-order valence-corrected chi connectivity index (χ0v) is 31.6. The third-order valence-electron chi connectivity index (χ3n) is 10.2. The third-order valence-corrected chi connectivity index (χ3v) is 10.2. The first kappa shape index (κ1) is 36.9. The van der Waals surface area contributed by atoms with Crippen LogP contribution in [0, 0.1) is 0 Å². The number of aromatic amines is 1. The van der Waals surface area contributed by atoms with Gasteiger partial charge in [-0.05, 0) is 102 Å². The number of hydrogen-bond donors (Lipinski definition) is 3. The number of nitrogens with one attached hydrogen (secondary N) is 3. The molecule has 0 saturated heterocycles. The number of H-pyrrole nitrogens is 1. The number of hydrogen-bond acceptors (Lipinski definition) is 9. The van der Waals surface area contributed by atoms with Crippen LogP contribution >= 0.6 is 0 Å². The second-order valence-corrected chi connectivity index (χ2v) is 13.4. The number of ether oxygens (including phenoxy) is 5. The minimum absolute atomic E-state index is 0.0806. The fourth-order valence-corrected chi connectivity index (χ4v) is 7.58. The monoisotopic (exact) mass is 745 g/mol. The van der Waals surface area contributed by atoms with E-state index in [0.717, 1.165) is 27.8 Å². The molecule has 3 N–H and O–H groups in total. The SMILES string of the molecule is COc1ccc(-c2oc3c(=O)cc4c(cc3c2CC(=O)NCCc2c[nH]c3ccc(OC)cc23)-c2c(cc(OC)c(OC)c2OC)CC[C@@H]4NC(C)=O)cc1. The Balaban J connectivity index is 1.38. The summed E-state index contributed by atoms with van der Waals surface area (Å²) in [6.07, 6.45) is 3.47. The van der Waals surface area contributed by atoms with Crippen molar-refractivity contribution in [3.63, 3.8) is 0 Å². The molecule has 0 spiro atoms. The van der Waals surface area contributed by atoms with E-state index in [2.05, 4.69) is 15.6 Å². The minimum Gasteiger partial charge on any atom is -0.497 e. The van der Waals surface area contributed by atoms with Gasteiger partial charge in [0.1, 0.15) is 17.3 Å². The lowest BCUT2D eigenvalue weighted by Crippen LogP contribution is -2.27. The van der Waals surface area contributed by atoms with Crippen molar-refractivity contribution in [1.29, 1.82) is 0 Å². The zero-order chi connectivity index (χ0) is 38.8. The van der Waals surface area contributed by atoms with Gasteiger partial charge < -0.3 is 43.7 Å². The van der Waals surface area contributed by atoms with Gasteiger partial charge in [0.2, 0.25) is 23.0 Å². The van der Waals surface area contributed by atoms with Crippen molar-refractivity contribution in [2.24, 2.45) is 0 Å². The van der Waals surface area contributed by atoms with Crippen molar-refractivity contribution in [3.8, 4) is 51.2 Å². The van der Waals surface area contributed by atoms with Gasteiger partial charge in [-0.15, -0.1) is 0 Å². The normalized spacial score (nSPS) is 13.4. The lowest BCUT2D eigenvalue weighted by molar-refractivity contribution is -0.121. The Morgan fingerprint density at radius 3 is 2.29 bits per heavy atom. The molecule has 7 rings (SSSR count). The number of carbonyl (C=O) groups excluding carboxylic acids is 2. The van der Waals surface area contributed by atoms with Gasteiger partial charge in [0.15, 0.2) is 17.1 Å². The van der Waals surface area contributed by atoms with E-state index in [9.17, 15) is 14.4 Å². The zero-order valence-electron chi connectivity index (χ0n) is 31.6. The number of benzene rings is 3.